The number of hydrogen-bond donors (Lipinski definition) is 2. The van der Waals surface area contributed by atoms with Crippen LogP contribution in [0, 0.1) is 6.92 Å². The summed E-state index contributed by atoms with van der Waals surface area (Å²) >= 11 is 0. The molecule has 0 radical (unpaired) electrons. The van der Waals surface area contributed by atoms with Crippen molar-refractivity contribution in [1.82, 2.24) is 10.3 Å². The van der Waals surface area contributed by atoms with Crippen LogP contribution in [0.25, 0.3) is 0 Å². The Morgan fingerprint density at radius 2 is 2.47 bits per heavy atom. The van der Waals surface area contributed by atoms with Crippen molar-refractivity contribution < 1.29 is 9.59 Å². The van der Waals surface area contributed by atoms with Gasteiger partial charge in [0.05, 0.1) is 11.4 Å². The van der Waals surface area contributed by atoms with Crippen LogP contribution in [0.15, 0.2) is 23.3 Å². The van der Waals surface area contributed by atoms with Crippen LogP contribution in [-0.2, 0) is 4.79 Å². The van der Waals surface area contributed by atoms with Gasteiger partial charge in [-0.15, -0.1) is 0 Å². The summed E-state index contributed by atoms with van der Waals surface area (Å²) in [5.41, 5.74) is 1.33. The van der Waals surface area contributed by atoms with E-state index in [-0.39, 0.29) is 6.67 Å². The molecule has 1 heterocycles. The molecule has 1 aromatic rings. The monoisotopic (exact) mass is 206 g/mol. The molecule has 0 bridgehead atoms. The van der Waals surface area contributed by atoms with Gasteiger partial charge in [-0.1, -0.05) is 0 Å². The third kappa shape index (κ3) is 3.58. The molecule has 2 amide bonds. The van der Waals surface area contributed by atoms with E-state index >= 15 is 0 Å². The van der Waals surface area contributed by atoms with E-state index in [4.69, 9.17) is 0 Å². The van der Waals surface area contributed by atoms with Crippen LogP contribution in [0.4, 0.5) is 10.5 Å². The van der Waals surface area contributed by atoms with Gasteiger partial charge in [-0.25, -0.2) is 9.59 Å². The first-order valence-electron chi connectivity index (χ1n) is 4.24. The van der Waals surface area contributed by atoms with Gasteiger partial charge in [0.2, 0.25) is 6.08 Å². The van der Waals surface area contributed by atoms with Crippen LogP contribution in [-0.4, -0.2) is 23.8 Å². The first-order chi connectivity index (χ1) is 7.24. The van der Waals surface area contributed by atoms with E-state index in [1.807, 2.05) is 0 Å². The number of anilines is 1. The number of aryl methyl sites for hydroxylation is 1. The van der Waals surface area contributed by atoms with Crippen molar-refractivity contribution in [1.29, 1.82) is 0 Å². The number of urea groups is 1. The molecule has 1 aromatic heterocycles. The summed E-state index contributed by atoms with van der Waals surface area (Å²) in [4.78, 5) is 28.1. The third-order valence-corrected chi connectivity index (χ3v) is 1.64. The predicted octanol–water partition coefficient (Wildman–Crippen LogP) is 0.805. The molecule has 6 heteroatoms. The van der Waals surface area contributed by atoms with Crippen molar-refractivity contribution in [2.45, 2.75) is 6.92 Å². The fraction of sp³-hybridized carbons (Fsp3) is 0.222. The lowest BCUT2D eigenvalue weighted by Gasteiger charge is -2.06. The number of pyridine rings is 1. The van der Waals surface area contributed by atoms with E-state index in [2.05, 4.69) is 20.6 Å². The second-order valence-electron chi connectivity index (χ2n) is 2.67. The average molecular weight is 206 g/mol. The van der Waals surface area contributed by atoms with Crippen LogP contribution >= 0.6 is 0 Å². The van der Waals surface area contributed by atoms with Crippen molar-refractivity contribution in [2.24, 2.45) is 4.99 Å². The van der Waals surface area contributed by atoms with Crippen molar-refractivity contribution in [3.63, 3.8) is 0 Å². The molecule has 0 unspecified atom stereocenters. The molecule has 0 spiro atoms. The first-order valence-corrected chi connectivity index (χ1v) is 4.24. The number of carbonyl (C=O) groups excluding carboxylic acids is 2. The SMILES string of the molecule is Cc1ncccc1NC(=O)NCN=C=O. The molecule has 15 heavy (non-hydrogen) atoms. The van der Waals surface area contributed by atoms with Crippen molar-refractivity contribution in [3.05, 3.63) is 24.0 Å². The van der Waals surface area contributed by atoms with Gasteiger partial charge in [0.25, 0.3) is 0 Å². The molecule has 0 aliphatic heterocycles. The van der Waals surface area contributed by atoms with E-state index < -0.39 is 6.03 Å². The lowest BCUT2D eigenvalue weighted by molar-refractivity contribution is 0.252. The highest BCUT2D eigenvalue weighted by atomic mass is 16.2. The molecule has 0 aromatic carbocycles. The second kappa shape index (κ2) is 5.51. The standard InChI is InChI=1S/C9H10N4O2/c1-7-8(3-2-4-11-7)13-9(15)12-5-10-6-14/h2-4H,5H2,1H3,(H2,12,13,15). The van der Waals surface area contributed by atoms with Gasteiger partial charge in [0.15, 0.2) is 0 Å². The van der Waals surface area contributed by atoms with Gasteiger partial charge in [-0.05, 0) is 19.1 Å². The summed E-state index contributed by atoms with van der Waals surface area (Å²) < 4.78 is 0. The summed E-state index contributed by atoms with van der Waals surface area (Å²) in [5.74, 6) is 0. The number of amides is 2. The molecule has 0 saturated carbocycles. The van der Waals surface area contributed by atoms with Crippen molar-refractivity contribution in [2.75, 3.05) is 12.0 Å². The molecule has 2 N–H and O–H groups in total. The molecule has 0 saturated heterocycles. The Kier molecular flexibility index (Phi) is 4.00. The van der Waals surface area contributed by atoms with Crippen molar-refractivity contribution in [3.8, 4) is 0 Å². The van der Waals surface area contributed by atoms with Crippen LogP contribution < -0.4 is 10.6 Å². The number of nitrogens with one attached hydrogen (secondary N) is 2. The molecular formula is C9H10N4O2. The smallest absolute Gasteiger partial charge is 0.318 e. The fourth-order valence-corrected chi connectivity index (χ4v) is 0.926. The summed E-state index contributed by atoms with van der Waals surface area (Å²) in [6, 6.07) is 3.00. The molecule has 1 rings (SSSR count). The molecule has 0 atom stereocenters. The lowest BCUT2D eigenvalue weighted by atomic mass is 10.3. The molecule has 0 aliphatic rings. The van der Waals surface area contributed by atoms with Gasteiger partial charge < -0.3 is 10.6 Å². The van der Waals surface area contributed by atoms with Gasteiger partial charge in [0, 0.05) is 6.20 Å². The van der Waals surface area contributed by atoms with Gasteiger partial charge in [0.1, 0.15) is 6.67 Å². The maximum atomic E-state index is 11.2. The Labute approximate surface area is 86.4 Å². The number of aromatic nitrogens is 1. The van der Waals surface area contributed by atoms with Crippen LogP contribution in [0.2, 0.25) is 0 Å². The normalized spacial score (nSPS) is 8.87. The van der Waals surface area contributed by atoms with E-state index in [1.165, 1.54) is 6.08 Å². The molecule has 0 aliphatic carbocycles. The molecule has 6 nitrogen and oxygen atoms in total. The Bertz CT molecular complexity index is 399. The zero-order valence-electron chi connectivity index (χ0n) is 8.15. The third-order valence-electron chi connectivity index (χ3n) is 1.64. The van der Waals surface area contributed by atoms with E-state index in [9.17, 15) is 9.59 Å². The number of hydrogen-bond acceptors (Lipinski definition) is 4. The summed E-state index contributed by atoms with van der Waals surface area (Å²) in [5, 5.41) is 4.92. The Morgan fingerprint density at radius 3 is 3.13 bits per heavy atom. The minimum atomic E-state index is -0.440. The highest BCUT2D eigenvalue weighted by Gasteiger charge is 2.02. The zero-order valence-corrected chi connectivity index (χ0v) is 8.15. The van der Waals surface area contributed by atoms with Crippen LogP contribution in [0.5, 0.6) is 0 Å². The predicted molar refractivity (Wildman–Crippen MR) is 54.1 cm³/mol. The number of isocyanates is 1. The Morgan fingerprint density at radius 1 is 1.67 bits per heavy atom. The average Bonchev–Trinajstić information content (AvgIpc) is 2.22. The topological polar surface area (TPSA) is 83.4 Å². The molecule has 78 valence electrons. The van der Waals surface area contributed by atoms with E-state index in [0.717, 1.165) is 0 Å². The summed E-state index contributed by atoms with van der Waals surface area (Å²) in [6.07, 6.45) is 2.95. The Hall–Kier alpha value is -2.20. The quantitative estimate of drug-likeness (QED) is 0.566. The second-order valence-corrected chi connectivity index (χ2v) is 2.67. The minimum absolute atomic E-state index is 0.0886. The summed E-state index contributed by atoms with van der Waals surface area (Å²) in [6.45, 7) is 1.69. The zero-order chi connectivity index (χ0) is 11.1. The minimum Gasteiger partial charge on any atom is -0.318 e. The lowest BCUT2D eigenvalue weighted by Crippen LogP contribution is -2.29. The first kappa shape index (κ1) is 10.9. The van der Waals surface area contributed by atoms with Gasteiger partial charge in [-0.2, -0.15) is 4.99 Å². The number of rotatable bonds is 3. The van der Waals surface area contributed by atoms with Crippen LogP contribution in [0.3, 0.4) is 0 Å². The van der Waals surface area contributed by atoms with E-state index in [1.54, 1.807) is 25.3 Å². The van der Waals surface area contributed by atoms with Crippen molar-refractivity contribution >= 4 is 17.8 Å². The number of carbonyl (C=O) groups is 1. The largest absolute Gasteiger partial charge is 0.320 e. The number of nitrogens with zero attached hydrogens (tertiary/aromatic N) is 2. The maximum Gasteiger partial charge on any atom is 0.320 e. The van der Waals surface area contributed by atoms with Crippen LogP contribution in [0.1, 0.15) is 5.69 Å². The van der Waals surface area contributed by atoms with Gasteiger partial charge >= 0.3 is 6.03 Å². The highest BCUT2D eigenvalue weighted by molar-refractivity contribution is 5.89. The Balaban J connectivity index is 2.51. The highest BCUT2D eigenvalue weighted by Crippen LogP contribution is 2.09. The fourth-order valence-electron chi connectivity index (χ4n) is 0.926. The number of aliphatic imine (C=N–C) groups is 1. The maximum absolute atomic E-state index is 11.2. The van der Waals surface area contributed by atoms with E-state index in [0.29, 0.717) is 11.4 Å². The summed E-state index contributed by atoms with van der Waals surface area (Å²) in [7, 11) is 0. The van der Waals surface area contributed by atoms with Gasteiger partial charge in [-0.3, -0.25) is 4.98 Å². The molecular weight excluding hydrogens is 196 g/mol. The molecule has 0 fully saturated rings.